The van der Waals surface area contributed by atoms with Crippen LogP contribution in [0.15, 0.2) is 27.6 Å². The minimum Gasteiger partial charge on any atom is -0.327 e. The smallest absolute Gasteiger partial charge is 0.243 e. The molecule has 4 nitrogen and oxygen atoms in total. The zero-order chi connectivity index (χ0) is 13.3. The van der Waals surface area contributed by atoms with Gasteiger partial charge in [0, 0.05) is 23.6 Å². The van der Waals surface area contributed by atoms with Gasteiger partial charge in [0.25, 0.3) is 0 Å². The number of hydrogen-bond donors (Lipinski definition) is 1. The first-order valence-corrected chi connectivity index (χ1v) is 8.16. The zero-order valence-corrected chi connectivity index (χ0v) is 12.7. The van der Waals surface area contributed by atoms with Gasteiger partial charge in [0.1, 0.15) is 0 Å². The minimum absolute atomic E-state index is 0.0546. The molecule has 0 saturated carbocycles. The highest BCUT2D eigenvalue weighted by atomic mass is 79.9. The lowest BCUT2D eigenvalue weighted by Crippen LogP contribution is -2.45. The van der Waals surface area contributed by atoms with Gasteiger partial charge >= 0.3 is 0 Å². The first-order chi connectivity index (χ1) is 8.41. The molecule has 2 rings (SSSR count). The molecule has 1 aromatic carbocycles. The van der Waals surface area contributed by atoms with Gasteiger partial charge in [-0.15, -0.1) is 0 Å². The molecule has 1 aliphatic rings. The SMILES string of the molecule is Cc1ccc(Br)cc1S(=O)(=O)N1CCC[C@H](N)C1. The number of rotatable bonds is 2. The van der Waals surface area contributed by atoms with E-state index in [9.17, 15) is 8.42 Å². The van der Waals surface area contributed by atoms with Crippen molar-refractivity contribution in [3.63, 3.8) is 0 Å². The van der Waals surface area contributed by atoms with Gasteiger partial charge < -0.3 is 5.73 Å². The molecule has 0 spiro atoms. The lowest BCUT2D eigenvalue weighted by Gasteiger charge is -2.30. The molecule has 0 radical (unpaired) electrons. The summed E-state index contributed by atoms with van der Waals surface area (Å²) in [6.07, 6.45) is 1.72. The lowest BCUT2D eigenvalue weighted by atomic mass is 10.1. The second-order valence-electron chi connectivity index (χ2n) is 4.68. The van der Waals surface area contributed by atoms with Crippen molar-refractivity contribution in [2.24, 2.45) is 5.73 Å². The fourth-order valence-corrected chi connectivity index (χ4v) is 4.48. The second-order valence-corrected chi connectivity index (χ2v) is 7.50. The summed E-state index contributed by atoms with van der Waals surface area (Å²) in [5.74, 6) is 0. The number of nitrogens with zero attached hydrogens (tertiary/aromatic N) is 1. The first kappa shape index (κ1) is 14.0. The number of benzene rings is 1. The Labute approximate surface area is 116 Å². The Morgan fingerprint density at radius 2 is 2.17 bits per heavy atom. The molecule has 0 bridgehead atoms. The van der Waals surface area contributed by atoms with Crippen molar-refractivity contribution in [3.8, 4) is 0 Å². The van der Waals surface area contributed by atoms with E-state index in [1.807, 2.05) is 13.0 Å². The predicted octanol–water partition coefficient (Wildman–Crippen LogP) is 1.87. The third-order valence-corrected chi connectivity index (χ3v) is 5.69. The molecule has 0 unspecified atom stereocenters. The highest BCUT2D eigenvalue weighted by molar-refractivity contribution is 9.10. The van der Waals surface area contributed by atoms with Crippen LogP contribution < -0.4 is 5.73 Å². The Morgan fingerprint density at radius 3 is 2.83 bits per heavy atom. The molecule has 0 aliphatic carbocycles. The van der Waals surface area contributed by atoms with Crippen LogP contribution in [0.2, 0.25) is 0 Å². The van der Waals surface area contributed by atoms with Gasteiger partial charge in [-0.05, 0) is 37.5 Å². The summed E-state index contributed by atoms with van der Waals surface area (Å²) in [6, 6.07) is 5.25. The van der Waals surface area contributed by atoms with Crippen LogP contribution >= 0.6 is 15.9 Å². The van der Waals surface area contributed by atoms with E-state index >= 15 is 0 Å². The Balaban J connectivity index is 2.38. The lowest BCUT2D eigenvalue weighted by molar-refractivity contribution is 0.316. The highest BCUT2D eigenvalue weighted by Gasteiger charge is 2.29. The summed E-state index contributed by atoms with van der Waals surface area (Å²) < 4.78 is 27.4. The minimum atomic E-state index is -3.42. The van der Waals surface area contributed by atoms with Crippen LogP contribution in [0.3, 0.4) is 0 Å². The third kappa shape index (κ3) is 2.77. The summed E-state index contributed by atoms with van der Waals surface area (Å²) in [5.41, 5.74) is 6.61. The topological polar surface area (TPSA) is 63.4 Å². The Morgan fingerprint density at radius 1 is 1.44 bits per heavy atom. The number of hydrogen-bond acceptors (Lipinski definition) is 3. The van der Waals surface area contributed by atoms with Gasteiger partial charge in [-0.3, -0.25) is 0 Å². The summed E-state index contributed by atoms with van der Waals surface area (Å²) >= 11 is 3.32. The van der Waals surface area contributed by atoms with E-state index < -0.39 is 10.0 Å². The fourth-order valence-electron chi connectivity index (χ4n) is 2.18. The van der Waals surface area contributed by atoms with E-state index in [2.05, 4.69) is 15.9 Å². The van der Waals surface area contributed by atoms with Gasteiger partial charge in [-0.1, -0.05) is 22.0 Å². The maximum atomic E-state index is 12.6. The quantitative estimate of drug-likeness (QED) is 0.899. The predicted molar refractivity (Wildman–Crippen MR) is 74.8 cm³/mol. The average Bonchev–Trinajstić information content (AvgIpc) is 2.32. The van der Waals surface area contributed by atoms with Crippen molar-refractivity contribution in [1.29, 1.82) is 0 Å². The van der Waals surface area contributed by atoms with Crippen LogP contribution in [0, 0.1) is 6.92 Å². The van der Waals surface area contributed by atoms with Crippen LogP contribution in [0.4, 0.5) is 0 Å². The maximum absolute atomic E-state index is 12.6. The van der Waals surface area contributed by atoms with Crippen molar-refractivity contribution in [3.05, 3.63) is 28.2 Å². The molecule has 18 heavy (non-hydrogen) atoms. The first-order valence-electron chi connectivity index (χ1n) is 5.93. The monoisotopic (exact) mass is 332 g/mol. The number of halogens is 1. The molecule has 1 fully saturated rings. The van der Waals surface area contributed by atoms with Gasteiger partial charge in [0.2, 0.25) is 10.0 Å². The molecule has 100 valence electrons. The van der Waals surface area contributed by atoms with Gasteiger partial charge in [-0.2, -0.15) is 4.31 Å². The molecule has 1 saturated heterocycles. The molecule has 2 N–H and O–H groups in total. The molecule has 0 amide bonds. The van der Waals surface area contributed by atoms with E-state index in [0.29, 0.717) is 18.0 Å². The summed E-state index contributed by atoms with van der Waals surface area (Å²) in [5, 5.41) is 0. The molecule has 0 aromatic heterocycles. The van der Waals surface area contributed by atoms with Crippen LogP contribution in [0.25, 0.3) is 0 Å². The molecule has 1 heterocycles. The second kappa shape index (κ2) is 5.28. The van der Waals surface area contributed by atoms with Crippen molar-refractivity contribution in [2.45, 2.75) is 30.7 Å². The zero-order valence-electron chi connectivity index (χ0n) is 10.3. The van der Waals surface area contributed by atoms with E-state index in [1.165, 1.54) is 4.31 Å². The normalized spacial score (nSPS) is 22.1. The highest BCUT2D eigenvalue weighted by Crippen LogP contribution is 2.25. The number of piperidine rings is 1. The summed E-state index contributed by atoms with van der Waals surface area (Å²) in [7, 11) is -3.42. The van der Waals surface area contributed by atoms with E-state index in [-0.39, 0.29) is 6.04 Å². The van der Waals surface area contributed by atoms with Crippen LogP contribution in [0.1, 0.15) is 18.4 Å². The number of aryl methyl sites for hydroxylation is 1. The number of nitrogens with two attached hydrogens (primary N) is 1. The fraction of sp³-hybridized carbons (Fsp3) is 0.500. The number of sulfonamides is 1. The molecule has 1 aromatic rings. The third-order valence-electron chi connectivity index (χ3n) is 3.19. The Hall–Kier alpha value is -0.430. The summed E-state index contributed by atoms with van der Waals surface area (Å²) in [6.45, 7) is 2.78. The maximum Gasteiger partial charge on any atom is 0.243 e. The van der Waals surface area contributed by atoms with Crippen molar-refractivity contribution in [2.75, 3.05) is 13.1 Å². The average molecular weight is 333 g/mol. The Kier molecular flexibility index (Phi) is 4.11. The van der Waals surface area contributed by atoms with Crippen molar-refractivity contribution < 1.29 is 8.42 Å². The van der Waals surface area contributed by atoms with E-state index in [0.717, 1.165) is 22.9 Å². The molecule has 1 atom stereocenters. The van der Waals surface area contributed by atoms with Crippen molar-refractivity contribution >= 4 is 26.0 Å². The molecule has 1 aliphatic heterocycles. The Bertz CT molecular complexity index is 545. The van der Waals surface area contributed by atoms with Crippen molar-refractivity contribution in [1.82, 2.24) is 4.31 Å². The van der Waals surface area contributed by atoms with E-state index in [1.54, 1.807) is 12.1 Å². The molecular weight excluding hydrogens is 316 g/mol. The van der Waals surface area contributed by atoms with Gasteiger partial charge in [0.15, 0.2) is 0 Å². The van der Waals surface area contributed by atoms with Crippen LogP contribution in [-0.4, -0.2) is 31.9 Å². The summed E-state index contributed by atoms with van der Waals surface area (Å²) in [4.78, 5) is 0.367. The molecule has 6 heteroatoms. The van der Waals surface area contributed by atoms with Gasteiger partial charge in [0.05, 0.1) is 4.90 Å². The van der Waals surface area contributed by atoms with Gasteiger partial charge in [-0.25, -0.2) is 8.42 Å². The molecular formula is C12H17BrN2O2S. The van der Waals surface area contributed by atoms with Crippen LogP contribution in [-0.2, 0) is 10.0 Å². The van der Waals surface area contributed by atoms with Crippen LogP contribution in [0.5, 0.6) is 0 Å². The standard InChI is InChI=1S/C12H17BrN2O2S/c1-9-4-5-10(13)7-12(9)18(16,17)15-6-2-3-11(14)8-15/h4-5,7,11H,2-3,6,8,14H2,1H3/t11-/m0/s1. The van der Waals surface area contributed by atoms with E-state index in [4.69, 9.17) is 5.73 Å². The largest absolute Gasteiger partial charge is 0.327 e.